The molecule has 0 saturated heterocycles. The summed E-state index contributed by atoms with van der Waals surface area (Å²) in [6, 6.07) is 7.73. The van der Waals surface area contributed by atoms with Gasteiger partial charge in [-0.3, -0.25) is 0 Å². The Balaban J connectivity index is 2.07. The number of nitrogens with zero attached hydrogens (tertiary/aromatic N) is 3. The predicted octanol–water partition coefficient (Wildman–Crippen LogP) is 2.41. The molecule has 16 heavy (non-hydrogen) atoms. The van der Waals surface area contributed by atoms with Crippen LogP contribution < -0.4 is 10.6 Å². The van der Waals surface area contributed by atoms with E-state index in [0.717, 1.165) is 16.7 Å². The second kappa shape index (κ2) is 4.67. The average Bonchev–Trinajstić information content (AvgIpc) is 2.68. The van der Waals surface area contributed by atoms with Gasteiger partial charge in [0.15, 0.2) is 0 Å². The van der Waals surface area contributed by atoms with Crippen molar-refractivity contribution in [1.29, 1.82) is 0 Å². The fourth-order valence-electron chi connectivity index (χ4n) is 1.31. The topological polar surface area (TPSA) is 55.0 Å². The first-order chi connectivity index (χ1) is 7.65. The van der Waals surface area contributed by atoms with Crippen molar-refractivity contribution in [3.63, 3.8) is 0 Å². The van der Waals surface area contributed by atoms with Crippen LogP contribution >= 0.6 is 23.1 Å². The smallest absolute Gasteiger partial charge is 0.233 e. The highest BCUT2D eigenvalue weighted by molar-refractivity contribution is 7.09. The Morgan fingerprint density at radius 1 is 1.38 bits per heavy atom. The summed E-state index contributed by atoms with van der Waals surface area (Å²) in [4.78, 5) is 6.11. The van der Waals surface area contributed by atoms with Crippen LogP contribution in [0.15, 0.2) is 24.3 Å². The van der Waals surface area contributed by atoms with Gasteiger partial charge in [-0.1, -0.05) is 23.7 Å². The minimum Gasteiger partial charge on any atom is -0.367 e. The number of nitrogens with two attached hydrogens (primary N) is 1. The van der Waals surface area contributed by atoms with Gasteiger partial charge in [0.05, 0.1) is 0 Å². The van der Waals surface area contributed by atoms with Crippen LogP contribution in [0.3, 0.4) is 0 Å². The summed E-state index contributed by atoms with van der Waals surface area (Å²) < 4.78 is 3.94. The highest BCUT2D eigenvalue weighted by Gasteiger charge is 2.07. The quantitative estimate of drug-likeness (QED) is 0.914. The van der Waals surface area contributed by atoms with E-state index in [1.165, 1.54) is 17.1 Å². The van der Waals surface area contributed by atoms with Crippen molar-refractivity contribution < 1.29 is 0 Å². The van der Waals surface area contributed by atoms with E-state index in [4.69, 9.17) is 17.3 Å². The highest BCUT2D eigenvalue weighted by Crippen LogP contribution is 2.19. The molecule has 0 radical (unpaired) electrons. The van der Waals surface area contributed by atoms with E-state index >= 15 is 0 Å². The van der Waals surface area contributed by atoms with Crippen LogP contribution in [0.25, 0.3) is 0 Å². The Hall–Kier alpha value is -1.33. The normalized spacial score (nSPS) is 10.4. The lowest BCUT2D eigenvalue weighted by atomic mass is 10.2. The fraction of sp³-hybridized carbons (Fsp3) is 0.200. The first kappa shape index (κ1) is 11.2. The molecule has 4 nitrogen and oxygen atoms in total. The number of aromatic nitrogens is 2. The van der Waals surface area contributed by atoms with Crippen molar-refractivity contribution in [2.24, 2.45) is 0 Å². The lowest BCUT2D eigenvalue weighted by Gasteiger charge is -2.14. The molecule has 0 aliphatic heterocycles. The van der Waals surface area contributed by atoms with Crippen molar-refractivity contribution in [3.05, 3.63) is 34.9 Å². The maximum atomic E-state index is 5.82. The standard InChI is InChI=1S/C10H11ClN4S/c1-15(10-13-9(12)14-16-10)6-7-2-4-8(11)5-3-7/h2-5H,6H2,1H3,(H2,12,14). The van der Waals surface area contributed by atoms with Crippen LogP contribution in [-0.4, -0.2) is 16.4 Å². The number of benzene rings is 1. The van der Waals surface area contributed by atoms with Gasteiger partial charge in [0.1, 0.15) is 0 Å². The minimum atomic E-state index is 0.322. The molecule has 0 saturated carbocycles. The maximum Gasteiger partial charge on any atom is 0.233 e. The monoisotopic (exact) mass is 254 g/mol. The molecule has 0 bridgehead atoms. The Bertz CT molecular complexity index is 468. The third-order valence-corrected chi connectivity index (χ3v) is 3.19. The average molecular weight is 255 g/mol. The SMILES string of the molecule is CN(Cc1ccc(Cl)cc1)c1nc(N)ns1. The zero-order valence-corrected chi connectivity index (χ0v) is 10.3. The summed E-state index contributed by atoms with van der Waals surface area (Å²) in [6.45, 7) is 0.756. The number of hydrogen-bond acceptors (Lipinski definition) is 5. The van der Waals surface area contributed by atoms with E-state index < -0.39 is 0 Å². The third-order valence-electron chi connectivity index (χ3n) is 2.09. The van der Waals surface area contributed by atoms with E-state index in [1.54, 1.807) is 0 Å². The molecular weight excluding hydrogens is 244 g/mol. The summed E-state index contributed by atoms with van der Waals surface area (Å²) in [6.07, 6.45) is 0. The Kier molecular flexibility index (Phi) is 3.26. The van der Waals surface area contributed by atoms with Crippen molar-refractivity contribution in [2.45, 2.75) is 6.54 Å². The first-order valence-electron chi connectivity index (χ1n) is 4.70. The molecule has 2 aromatic rings. The van der Waals surface area contributed by atoms with Crippen LogP contribution in [0, 0.1) is 0 Å². The summed E-state index contributed by atoms with van der Waals surface area (Å²) >= 11 is 7.11. The first-order valence-corrected chi connectivity index (χ1v) is 5.85. The second-order valence-electron chi connectivity index (χ2n) is 3.42. The van der Waals surface area contributed by atoms with Gasteiger partial charge < -0.3 is 10.6 Å². The van der Waals surface area contributed by atoms with Gasteiger partial charge in [0.25, 0.3) is 0 Å². The van der Waals surface area contributed by atoms with Crippen molar-refractivity contribution >= 4 is 34.2 Å². The zero-order valence-electron chi connectivity index (χ0n) is 8.72. The Labute approximate surface area is 103 Å². The summed E-state index contributed by atoms with van der Waals surface area (Å²) in [5, 5.41) is 1.55. The Morgan fingerprint density at radius 2 is 2.06 bits per heavy atom. The minimum absolute atomic E-state index is 0.322. The number of halogens is 1. The summed E-state index contributed by atoms with van der Waals surface area (Å²) in [5.41, 5.74) is 6.64. The largest absolute Gasteiger partial charge is 0.367 e. The predicted molar refractivity (Wildman–Crippen MR) is 67.9 cm³/mol. The van der Waals surface area contributed by atoms with Gasteiger partial charge >= 0.3 is 0 Å². The number of rotatable bonds is 3. The number of hydrogen-bond donors (Lipinski definition) is 1. The molecule has 1 aromatic carbocycles. The summed E-state index contributed by atoms with van der Waals surface area (Å²) in [5.74, 6) is 0.322. The van der Waals surface area contributed by atoms with Crippen LogP contribution in [0.4, 0.5) is 11.1 Å². The van der Waals surface area contributed by atoms with Gasteiger partial charge in [-0.05, 0) is 17.7 Å². The molecule has 0 atom stereocenters. The van der Waals surface area contributed by atoms with Crippen molar-refractivity contribution in [3.8, 4) is 0 Å². The van der Waals surface area contributed by atoms with Crippen LogP contribution in [0.2, 0.25) is 5.02 Å². The second-order valence-corrected chi connectivity index (χ2v) is 4.58. The van der Waals surface area contributed by atoms with Crippen LogP contribution in [-0.2, 0) is 6.54 Å². The number of anilines is 2. The molecule has 0 spiro atoms. The molecular formula is C10H11ClN4S. The zero-order chi connectivity index (χ0) is 11.5. The molecule has 0 amide bonds. The highest BCUT2D eigenvalue weighted by atomic mass is 35.5. The van der Waals surface area contributed by atoms with Gasteiger partial charge in [-0.15, -0.1) is 0 Å². The molecule has 0 fully saturated rings. The molecule has 84 valence electrons. The lowest BCUT2D eigenvalue weighted by Crippen LogP contribution is -2.16. The van der Waals surface area contributed by atoms with Gasteiger partial charge in [0, 0.05) is 30.1 Å². The maximum absolute atomic E-state index is 5.82. The molecule has 2 N–H and O–H groups in total. The van der Waals surface area contributed by atoms with E-state index in [-0.39, 0.29) is 0 Å². The fourth-order valence-corrected chi connectivity index (χ4v) is 1.99. The molecule has 0 aliphatic carbocycles. The van der Waals surface area contributed by atoms with Crippen LogP contribution in [0.5, 0.6) is 0 Å². The number of nitrogen functional groups attached to an aromatic ring is 1. The molecule has 0 aliphatic rings. The summed E-state index contributed by atoms with van der Waals surface area (Å²) in [7, 11) is 1.95. The van der Waals surface area contributed by atoms with E-state index in [2.05, 4.69) is 9.36 Å². The molecule has 1 aromatic heterocycles. The Morgan fingerprint density at radius 3 is 2.62 bits per heavy atom. The van der Waals surface area contributed by atoms with Crippen molar-refractivity contribution in [2.75, 3.05) is 17.7 Å². The van der Waals surface area contributed by atoms with Gasteiger partial charge in [0.2, 0.25) is 11.1 Å². The third kappa shape index (κ3) is 2.62. The molecule has 1 heterocycles. The molecule has 2 rings (SSSR count). The van der Waals surface area contributed by atoms with E-state index in [0.29, 0.717) is 5.95 Å². The van der Waals surface area contributed by atoms with Crippen LogP contribution in [0.1, 0.15) is 5.56 Å². The van der Waals surface area contributed by atoms with Crippen molar-refractivity contribution in [1.82, 2.24) is 9.36 Å². The van der Waals surface area contributed by atoms with E-state index in [9.17, 15) is 0 Å². The van der Waals surface area contributed by atoms with Gasteiger partial charge in [-0.25, -0.2) is 0 Å². The van der Waals surface area contributed by atoms with E-state index in [1.807, 2.05) is 36.2 Å². The lowest BCUT2D eigenvalue weighted by molar-refractivity contribution is 0.915. The van der Waals surface area contributed by atoms with Gasteiger partial charge in [-0.2, -0.15) is 9.36 Å². The molecule has 0 unspecified atom stereocenters. The molecule has 6 heteroatoms.